The quantitative estimate of drug-likeness (QED) is 0.670. The molecule has 7 rings (SSSR count). The lowest BCUT2D eigenvalue weighted by Gasteiger charge is -2.61. The third-order valence-corrected chi connectivity index (χ3v) is 7.09. The van der Waals surface area contributed by atoms with Gasteiger partial charge in [-0.15, -0.1) is 0 Å². The van der Waals surface area contributed by atoms with Crippen molar-refractivity contribution in [1.82, 2.24) is 13.9 Å². The van der Waals surface area contributed by atoms with Crippen molar-refractivity contribution < 1.29 is 0 Å². The van der Waals surface area contributed by atoms with Crippen LogP contribution in [0.3, 0.4) is 0 Å². The summed E-state index contributed by atoms with van der Waals surface area (Å²) in [7, 11) is 1.59. The van der Waals surface area contributed by atoms with Gasteiger partial charge in [-0.2, -0.15) is 0 Å². The smallest absolute Gasteiger partial charge is 0.246 e. The molecule has 5 nitrogen and oxygen atoms in total. The van der Waals surface area contributed by atoms with Crippen LogP contribution in [0.1, 0.15) is 37.8 Å². The fourth-order valence-electron chi connectivity index (χ4n) is 5.98. The van der Waals surface area contributed by atoms with Gasteiger partial charge in [0.05, 0.1) is 12.1 Å². The summed E-state index contributed by atoms with van der Waals surface area (Å²) in [4.78, 5) is 25.0. The first kappa shape index (κ1) is 10.9. The van der Waals surface area contributed by atoms with Gasteiger partial charge in [0.25, 0.3) is 0 Å². The summed E-state index contributed by atoms with van der Waals surface area (Å²) in [6.07, 6.45) is 14.1. The molecule has 4 atom stereocenters. The molecule has 4 unspecified atom stereocenters. The minimum absolute atomic E-state index is 0.0221. The van der Waals surface area contributed by atoms with Crippen molar-refractivity contribution in [2.75, 3.05) is 0 Å². The van der Waals surface area contributed by atoms with Crippen LogP contribution in [0.15, 0.2) is 33.9 Å². The Hall–Kier alpha value is -1.78. The fourth-order valence-corrected chi connectivity index (χ4v) is 5.98. The largest absolute Gasteiger partial charge is 0.347 e. The highest BCUT2D eigenvalue weighted by atomic mass is 16.2. The van der Waals surface area contributed by atoms with Crippen LogP contribution < -0.4 is 11.4 Å². The predicted octanol–water partition coefficient (Wildman–Crippen LogP) is 1.13. The summed E-state index contributed by atoms with van der Waals surface area (Å²) in [5, 5.41) is 0. The van der Waals surface area contributed by atoms with Gasteiger partial charge in [0.1, 0.15) is 0 Å². The number of hydrogen-bond acceptors (Lipinski definition) is 2. The van der Waals surface area contributed by atoms with Gasteiger partial charge in [0.15, 0.2) is 0 Å². The van der Waals surface area contributed by atoms with Gasteiger partial charge in [-0.1, -0.05) is 24.3 Å². The lowest BCUT2D eigenvalue weighted by atomic mass is 9.48. The Morgan fingerprint density at radius 1 is 0.952 bits per heavy atom. The summed E-state index contributed by atoms with van der Waals surface area (Å²) in [5.74, 6) is 0. The first-order valence-electron chi connectivity index (χ1n) is 7.83. The van der Waals surface area contributed by atoms with Crippen molar-refractivity contribution in [1.29, 1.82) is 0 Å². The molecule has 108 valence electrons. The molecule has 21 heavy (non-hydrogen) atoms. The van der Waals surface area contributed by atoms with E-state index < -0.39 is 0 Å². The minimum Gasteiger partial charge on any atom is -0.246 e. The van der Waals surface area contributed by atoms with E-state index in [1.165, 1.54) is 30.3 Å². The molecule has 0 radical (unpaired) electrons. The zero-order valence-electron chi connectivity index (χ0n) is 12.0. The van der Waals surface area contributed by atoms with Crippen LogP contribution in [0.4, 0.5) is 0 Å². The monoisotopic (exact) mass is 283 g/mol. The molecule has 0 aromatic carbocycles. The summed E-state index contributed by atoms with van der Waals surface area (Å²) in [5.41, 5.74) is 0.324. The van der Waals surface area contributed by atoms with Crippen LogP contribution >= 0.6 is 0 Å². The van der Waals surface area contributed by atoms with E-state index in [1.807, 2.05) is 0 Å². The second-order valence-corrected chi connectivity index (χ2v) is 7.86. The molecule has 0 N–H and O–H groups in total. The van der Waals surface area contributed by atoms with Crippen LogP contribution in [0.5, 0.6) is 0 Å². The maximum Gasteiger partial charge on any atom is 0.347 e. The summed E-state index contributed by atoms with van der Waals surface area (Å²) in [6.45, 7) is 0. The molecule has 0 amide bonds. The zero-order valence-corrected chi connectivity index (χ0v) is 12.0. The van der Waals surface area contributed by atoms with E-state index in [0.717, 1.165) is 0 Å². The molecule has 0 saturated heterocycles. The molecule has 2 aliphatic heterocycles. The van der Waals surface area contributed by atoms with Gasteiger partial charge in [-0.3, -0.25) is 0 Å². The number of hydrogen-bond donors (Lipinski definition) is 0. The van der Waals surface area contributed by atoms with Crippen LogP contribution in [-0.2, 0) is 7.05 Å². The fraction of sp³-hybridized carbons (Fsp3) is 0.625. The Balaban J connectivity index is 1.72. The van der Waals surface area contributed by atoms with Gasteiger partial charge in [0, 0.05) is 17.9 Å². The van der Waals surface area contributed by atoms with Crippen molar-refractivity contribution in [3.63, 3.8) is 0 Å². The molecule has 3 heterocycles. The van der Waals surface area contributed by atoms with Crippen LogP contribution in [0.2, 0.25) is 0 Å². The van der Waals surface area contributed by atoms with Crippen molar-refractivity contribution >= 4 is 0 Å². The predicted molar refractivity (Wildman–Crippen MR) is 76.1 cm³/mol. The molecular weight excluding hydrogens is 266 g/mol. The van der Waals surface area contributed by atoms with Crippen LogP contribution in [0, 0.1) is 16.2 Å². The summed E-state index contributed by atoms with van der Waals surface area (Å²) in [6, 6.07) is 0.0442. The Bertz CT molecular complexity index is 828. The summed E-state index contributed by atoms with van der Waals surface area (Å²) < 4.78 is 4.72. The van der Waals surface area contributed by atoms with E-state index in [2.05, 4.69) is 24.3 Å². The van der Waals surface area contributed by atoms with Crippen molar-refractivity contribution in [3.8, 4) is 0 Å². The molecule has 6 aliphatic rings. The second-order valence-electron chi connectivity index (χ2n) is 7.86. The average molecular weight is 283 g/mol. The maximum absolute atomic E-state index is 12.5. The summed E-state index contributed by atoms with van der Waals surface area (Å²) >= 11 is 0. The minimum atomic E-state index is -0.167. The lowest BCUT2D eigenvalue weighted by Crippen LogP contribution is -2.61. The topological polar surface area (TPSA) is 48.9 Å². The third-order valence-electron chi connectivity index (χ3n) is 7.09. The van der Waals surface area contributed by atoms with E-state index in [4.69, 9.17) is 0 Å². The Labute approximate surface area is 121 Å². The van der Waals surface area contributed by atoms with Crippen molar-refractivity contribution in [2.45, 2.75) is 37.8 Å². The first-order chi connectivity index (χ1) is 10.0. The lowest BCUT2D eigenvalue weighted by molar-refractivity contribution is -0.0229. The number of aromatic nitrogens is 3. The molecule has 2 saturated carbocycles. The van der Waals surface area contributed by atoms with E-state index in [0.29, 0.717) is 5.41 Å². The molecule has 1 aromatic rings. The van der Waals surface area contributed by atoms with Crippen molar-refractivity contribution in [2.24, 2.45) is 23.3 Å². The molecular formula is C16H17N3O2. The molecule has 1 aromatic heterocycles. The Morgan fingerprint density at radius 3 is 1.81 bits per heavy atom. The highest BCUT2D eigenvalue weighted by molar-refractivity contribution is 5.44. The normalized spacial score (nSPS) is 45.4. The molecule has 2 bridgehead atoms. The van der Waals surface area contributed by atoms with Gasteiger partial charge in [-0.05, 0) is 31.1 Å². The highest BCUT2D eigenvalue weighted by Gasteiger charge is 2.76. The van der Waals surface area contributed by atoms with Gasteiger partial charge in [-0.25, -0.2) is 23.5 Å². The van der Waals surface area contributed by atoms with Crippen molar-refractivity contribution in [3.05, 3.63) is 45.3 Å². The van der Waals surface area contributed by atoms with E-state index >= 15 is 0 Å². The van der Waals surface area contributed by atoms with E-state index in [-0.39, 0.29) is 34.3 Å². The SMILES string of the molecule is Cn1c(=O)n2n(c1=O)C1C=CC2C23C=CC12CC1(CC1)C3. The highest BCUT2D eigenvalue weighted by Crippen LogP contribution is 2.82. The van der Waals surface area contributed by atoms with Crippen LogP contribution in [-0.4, -0.2) is 13.9 Å². The van der Waals surface area contributed by atoms with Crippen LogP contribution in [0.25, 0.3) is 0 Å². The van der Waals surface area contributed by atoms with Gasteiger partial charge < -0.3 is 0 Å². The van der Waals surface area contributed by atoms with E-state index in [1.54, 1.807) is 16.4 Å². The van der Waals surface area contributed by atoms with Gasteiger partial charge >= 0.3 is 11.4 Å². The Morgan fingerprint density at radius 2 is 1.43 bits per heavy atom. The second kappa shape index (κ2) is 2.64. The number of allylic oxidation sites excluding steroid dienone is 4. The number of rotatable bonds is 0. The third kappa shape index (κ3) is 0.825. The average Bonchev–Trinajstić information content (AvgIpc) is 3.12. The number of nitrogens with zero attached hydrogens (tertiary/aromatic N) is 3. The zero-order chi connectivity index (χ0) is 14.2. The maximum atomic E-state index is 12.5. The Kier molecular flexibility index (Phi) is 1.37. The molecule has 4 aliphatic carbocycles. The van der Waals surface area contributed by atoms with Gasteiger partial charge in [0.2, 0.25) is 0 Å². The van der Waals surface area contributed by atoms with E-state index in [9.17, 15) is 9.59 Å². The first-order valence-corrected chi connectivity index (χ1v) is 7.83. The standard InChI is InChI=1S/C16H17N3O2/c1-17-12(20)18-10-2-3-11(19(18)13(17)21)16-7-6-15(10,16)8-14(9-16)4-5-14/h2-3,6-7,10-11H,4-5,8-9H2,1H3. The molecule has 2 fully saturated rings. The molecule has 1 spiro atoms. The molecule has 5 heteroatoms.